The molecule has 0 bridgehead atoms. The van der Waals surface area contributed by atoms with Crippen LogP contribution in [0.4, 0.5) is 0 Å². The van der Waals surface area contributed by atoms with E-state index in [0.29, 0.717) is 6.04 Å². The number of nitrogens with zero attached hydrogens (tertiary/aromatic N) is 1. The third-order valence-electron chi connectivity index (χ3n) is 4.65. The van der Waals surface area contributed by atoms with Crippen molar-refractivity contribution in [1.82, 2.24) is 10.2 Å². The van der Waals surface area contributed by atoms with E-state index in [0.717, 1.165) is 41.4 Å². The Hall–Kier alpha value is -0.280. The van der Waals surface area contributed by atoms with Crippen LogP contribution in [0.25, 0.3) is 0 Å². The molecule has 1 N–H and O–H groups in total. The molecule has 1 unspecified atom stereocenters. The average Bonchev–Trinajstić information content (AvgIpc) is 2.44. The predicted molar refractivity (Wildman–Crippen MR) is 94.6 cm³/mol. The van der Waals surface area contributed by atoms with E-state index in [9.17, 15) is 0 Å². The third kappa shape index (κ3) is 4.35. The smallest absolute Gasteiger partial charge is 0.0439 e. The van der Waals surface area contributed by atoms with Crippen LogP contribution in [0.1, 0.15) is 39.2 Å². The molecule has 1 aromatic carbocycles. The summed E-state index contributed by atoms with van der Waals surface area (Å²) in [5, 5.41) is 5.20. The van der Waals surface area contributed by atoms with Gasteiger partial charge in [0.25, 0.3) is 0 Å². The molecule has 0 fully saturated rings. The van der Waals surface area contributed by atoms with Gasteiger partial charge in [0.05, 0.1) is 0 Å². The Balaban J connectivity index is 3.13. The summed E-state index contributed by atoms with van der Waals surface area (Å²) in [5.74, 6) is 0. The molecule has 1 atom stereocenters. The van der Waals surface area contributed by atoms with Gasteiger partial charge >= 0.3 is 0 Å². The molecule has 0 aliphatic carbocycles. The molecular formula is C17H28Cl2N2. The minimum absolute atomic E-state index is 0.113. The zero-order valence-electron chi connectivity index (χ0n) is 13.8. The third-order valence-corrected chi connectivity index (χ3v) is 5.25. The first-order valence-electron chi connectivity index (χ1n) is 7.76. The van der Waals surface area contributed by atoms with Gasteiger partial charge in [-0.05, 0) is 63.7 Å². The zero-order chi connectivity index (χ0) is 16.0. The summed E-state index contributed by atoms with van der Waals surface area (Å²) in [6.07, 6.45) is 3.06. The van der Waals surface area contributed by atoms with Gasteiger partial charge in [0.2, 0.25) is 0 Å². The van der Waals surface area contributed by atoms with Crippen molar-refractivity contribution in [2.45, 2.75) is 51.6 Å². The standard InChI is InChI=1S/C17H28Cl2N2/c1-6-17(7-2,21(4)5)16(20-8-3)12-13-11-14(18)9-10-15(13)19/h9-11,16,20H,6-8,12H2,1-5H3. The SMILES string of the molecule is CCNC(Cc1cc(Cl)ccc1Cl)C(CC)(CC)N(C)C. The van der Waals surface area contributed by atoms with Gasteiger partial charge in [-0.1, -0.05) is 44.0 Å². The Labute approximate surface area is 139 Å². The van der Waals surface area contributed by atoms with Crippen molar-refractivity contribution in [3.8, 4) is 0 Å². The van der Waals surface area contributed by atoms with E-state index in [4.69, 9.17) is 23.2 Å². The molecule has 0 spiro atoms. The summed E-state index contributed by atoms with van der Waals surface area (Å²) in [4.78, 5) is 2.35. The van der Waals surface area contributed by atoms with Crippen LogP contribution in [-0.4, -0.2) is 37.1 Å². The summed E-state index contributed by atoms with van der Waals surface area (Å²) >= 11 is 12.5. The summed E-state index contributed by atoms with van der Waals surface area (Å²) in [5.41, 5.74) is 1.23. The van der Waals surface area contributed by atoms with Crippen LogP contribution >= 0.6 is 23.2 Å². The minimum atomic E-state index is 0.113. The van der Waals surface area contributed by atoms with Crippen molar-refractivity contribution < 1.29 is 0 Å². The summed E-state index contributed by atoms with van der Waals surface area (Å²) in [6.45, 7) is 7.61. The fourth-order valence-electron chi connectivity index (χ4n) is 3.31. The number of nitrogens with one attached hydrogen (secondary N) is 1. The molecular weight excluding hydrogens is 303 g/mol. The van der Waals surface area contributed by atoms with E-state index < -0.39 is 0 Å². The maximum Gasteiger partial charge on any atom is 0.0439 e. The molecule has 0 saturated carbocycles. The van der Waals surface area contributed by atoms with Crippen LogP contribution < -0.4 is 5.32 Å². The Morgan fingerprint density at radius 2 is 1.76 bits per heavy atom. The van der Waals surface area contributed by atoms with Gasteiger partial charge in [0.1, 0.15) is 0 Å². The van der Waals surface area contributed by atoms with Crippen molar-refractivity contribution in [3.63, 3.8) is 0 Å². The van der Waals surface area contributed by atoms with Crippen LogP contribution in [0, 0.1) is 0 Å². The average molecular weight is 331 g/mol. The summed E-state index contributed by atoms with van der Waals surface area (Å²) in [6, 6.07) is 6.05. The molecule has 1 rings (SSSR count). The monoisotopic (exact) mass is 330 g/mol. The quantitative estimate of drug-likeness (QED) is 0.747. The van der Waals surface area contributed by atoms with Crippen molar-refractivity contribution in [2.75, 3.05) is 20.6 Å². The Kier molecular flexibility index (Phi) is 7.49. The molecule has 0 aliphatic rings. The van der Waals surface area contributed by atoms with Crippen LogP contribution in [0.15, 0.2) is 18.2 Å². The molecule has 21 heavy (non-hydrogen) atoms. The first-order valence-corrected chi connectivity index (χ1v) is 8.51. The van der Waals surface area contributed by atoms with Crippen LogP contribution in [0.2, 0.25) is 10.0 Å². The van der Waals surface area contributed by atoms with E-state index in [1.807, 2.05) is 18.2 Å². The highest BCUT2D eigenvalue weighted by Crippen LogP contribution is 2.30. The number of likely N-dealkylation sites (N-methyl/N-ethyl adjacent to an activating group) is 2. The normalized spacial score (nSPS) is 13.7. The van der Waals surface area contributed by atoms with Gasteiger partial charge in [-0.2, -0.15) is 0 Å². The van der Waals surface area contributed by atoms with Gasteiger partial charge in [-0.3, -0.25) is 0 Å². The van der Waals surface area contributed by atoms with E-state index in [-0.39, 0.29) is 5.54 Å². The zero-order valence-corrected chi connectivity index (χ0v) is 15.4. The van der Waals surface area contributed by atoms with Gasteiger partial charge in [0, 0.05) is 21.6 Å². The van der Waals surface area contributed by atoms with E-state index in [1.165, 1.54) is 0 Å². The number of rotatable bonds is 8. The fraction of sp³-hybridized carbons (Fsp3) is 0.647. The maximum atomic E-state index is 6.36. The number of benzene rings is 1. The molecule has 0 saturated heterocycles. The first-order chi connectivity index (χ1) is 9.91. The Morgan fingerprint density at radius 1 is 1.14 bits per heavy atom. The topological polar surface area (TPSA) is 15.3 Å². The lowest BCUT2D eigenvalue weighted by Crippen LogP contribution is -2.59. The molecule has 0 heterocycles. The highest BCUT2D eigenvalue weighted by molar-refractivity contribution is 6.33. The second-order valence-corrected chi connectivity index (χ2v) is 6.60. The van der Waals surface area contributed by atoms with Crippen molar-refractivity contribution >= 4 is 23.2 Å². The van der Waals surface area contributed by atoms with E-state index in [2.05, 4.69) is 45.1 Å². The lowest BCUT2D eigenvalue weighted by atomic mass is 9.80. The van der Waals surface area contributed by atoms with Gasteiger partial charge in [0.15, 0.2) is 0 Å². The Bertz CT molecular complexity index is 442. The summed E-state index contributed by atoms with van der Waals surface area (Å²) < 4.78 is 0. The molecule has 0 aromatic heterocycles. The van der Waals surface area contributed by atoms with Crippen molar-refractivity contribution in [3.05, 3.63) is 33.8 Å². The number of hydrogen-bond donors (Lipinski definition) is 1. The number of hydrogen-bond acceptors (Lipinski definition) is 2. The summed E-state index contributed by atoms with van der Waals surface area (Å²) in [7, 11) is 4.33. The van der Waals surface area contributed by atoms with Crippen LogP contribution in [0.3, 0.4) is 0 Å². The molecule has 0 radical (unpaired) electrons. The molecule has 1 aromatic rings. The fourth-order valence-corrected chi connectivity index (χ4v) is 3.69. The maximum absolute atomic E-state index is 6.36. The second-order valence-electron chi connectivity index (χ2n) is 5.76. The minimum Gasteiger partial charge on any atom is -0.312 e. The van der Waals surface area contributed by atoms with Crippen molar-refractivity contribution in [1.29, 1.82) is 0 Å². The van der Waals surface area contributed by atoms with Gasteiger partial charge in [-0.25, -0.2) is 0 Å². The highest BCUT2D eigenvalue weighted by Gasteiger charge is 2.37. The first kappa shape index (κ1) is 18.8. The Morgan fingerprint density at radius 3 is 2.24 bits per heavy atom. The highest BCUT2D eigenvalue weighted by atomic mass is 35.5. The predicted octanol–water partition coefficient (Wildman–Crippen LogP) is 4.63. The van der Waals surface area contributed by atoms with E-state index in [1.54, 1.807) is 0 Å². The lowest BCUT2D eigenvalue weighted by Gasteiger charge is -2.46. The molecule has 4 heteroatoms. The molecule has 0 aliphatic heterocycles. The molecule has 120 valence electrons. The number of halogens is 2. The molecule has 2 nitrogen and oxygen atoms in total. The van der Waals surface area contributed by atoms with Crippen LogP contribution in [-0.2, 0) is 6.42 Å². The van der Waals surface area contributed by atoms with E-state index >= 15 is 0 Å². The van der Waals surface area contributed by atoms with Gasteiger partial charge < -0.3 is 10.2 Å². The van der Waals surface area contributed by atoms with Gasteiger partial charge in [-0.15, -0.1) is 0 Å². The van der Waals surface area contributed by atoms with Crippen molar-refractivity contribution in [2.24, 2.45) is 0 Å². The lowest BCUT2D eigenvalue weighted by molar-refractivity contribution is 0.0889. The van der Waals surface area contributed by atoms with Crippen LogP contribution in [0.5, 0.6) is 0 Å². The second kappa shape index (κ2) is 8.38. The largest absolute Gasteiger partial charge is 0.312 e. The molecule has 0 amide bonds.